The molecule has 17 heavy (non-hydrogen) atoms. The van der Waals surface area contributed by atoms with Gasteiger partial charge in [0.05, 0.1) is 6.26 Å². The number of nitrogens with zero attached hydrogens (tertiary/aromatic N) is 1. The molecule has 0 atom stereocenters. The van der Waals surface area contributed by atoms with Crippen molar-refractivity contribution in [2.45, 2.75) is 12.8 Å². The highest BCUT2D eigenvalue weighted by molar-refractivity contribution is 6.02. The van der Waals surface area contributed by atoms with Crippen LogP contribution in [0.25, 0.3) is 6.08 Å². The van der Waals surface area contributed by atoms with E-state index in [-0.39, 0.29) is 12.8 Å². The van der Waals surface area contributed by atoms with Gasteiger partial charge in [-0.25, -0.2) is 4.79 Å². The van der Waals surface area contributed by atoms with Crippen molar-refractivity contribution in [3.63, 3.8) is 0 Å². The van der Waals surface area contributed by atoms with Gasteiger partial charge in [-0.15, -0.1) is 5.06 Å². The third kappa shape index (κ3) is 2.60. The molecule has 0 N–H and O–H groups in total. The zero-order valence-electron chi connectivity index (χ0n) is 8.79. The fourth-order valence-corrected chi connectivity index (χ4v) is 1.31. The minimum atomic E-state index is -0.801. The molecule has 1 aromatic heterocycles. The van der Waals surface area contributed by atoms with Crippen molar-refractivity contribution in [1.29, 1.82) is 0 Å². The maximum absolute atomic E-state index is 11.3. The van der Waals surface area contributed by atoms with Gasteiger partial charge in [0.1, 0.15) is 5.76 Å². The third-order valence-electron chi connectivity index (χ3n) is 2.11. The number of hydrogen-bond acceptors (Lipinski definition) is 5. The zero-order chi connectivity index (χ0) is 12.3. The first-order chi connectivity index (χ1) is 8.16. The summed E-state index contributed by atoms with van der Waals surface area (Å²) in [5.74, 6) is -1.34. The van der Waals surface area contributed by atoms with Gasteiger partial charge in [-0.05, 0) is 18.2 Å². The van der Waals surface area contributed by atoms with Crippen molar-refractivity contribution in [2.75, 3.05) is 0 Å². The van der Waals surface area contributed by atoms with E-state index in [1.807, 2.05) is 0 Å². The molecule has 1 aliphatic rings. The van der Waals surface area contributed by atoms with E-state index >= 15 is 0 Å². The lowest BCUT2D eigenvalue weighted by molar-refractivity contribution is -0.193. The van der Waals surface area contributed by atoms with E-state index in [1.54, 1.807) is 12.1 Å². The second kappa shape index (κ2) is 4.65. The first-order valence-electron chi connectivity index (χ1n) is 4.96. The molecule has 0 aliphatic carbocycles. The lowest BCUT2D eigenvalue weighted by Crippen LogP contribution is -2.31. The van der Waals surface area contributed by atoms with Gasteiger partial charge in [-0.1, -0.05) is 0 Å². The highest BCUT2D eigenvalue weighted by atomic mass is 16.7. The molecule has 1 aliphatic heterocycles. The van der Waals surface area contributed by atoms with Crippen LogP contribution in [0.2, 0.25) is 0 Å². The van der Waals surface area contributed by atoms with Gasteiger partial charge in [0.25, 0.3) is 11.8 Å². The van der Waals surface area contributed by atoms with Crippen molar-refractivity contribution < 1.29 is 23.6 Å². The summed E-state index contributed by atoms with van der Waals surface area (Å²) in [7, 11) is 0. The van der Waals surface area contributed by atoms with Gasteiger partial charge in [0.2, 0.25) is 0 Å². The van der Waals surface area contributed by atoms with Crippen LogP contribution in [0.3, 0.4) is 0 Å². The smallest absolute Gasteiger partial charge is 0.356 e. The average molecular weight is 235 g/mol. The Morgan fingerprint density at radius 2 is 2.06 bits per heavy atom. The van der Waals surface area contributed by atoms with Gasteiger partial charge in [0, 0.05) is 18.9 Å². The summed E-state index contributed by atoms with van der Waals surface area (Å²) in [6.07, 6.45) is 4.08. The summed E-state index contributed by atoms with van der Waals surface area (Å²) in [4.78, 5) is 38.2. The first-order valence-corrected chi connectivity index (χ1v) is 4.96. The number of hydrogen-bond donors (Lipinski definition) is 0. The van der Waals surface area contributed by atoms with E-state index in [0.717, 1.165) is 6.08 Å². The highest BCUT2D eigenvalue weighted by Gasteiger charge is 2.32. The minimum absolute atomic E-state index is 0.0774. The van der Waals surface area contributed by atoms with E-state index in [1.165, 1.54) is 12.3 Å². The van der Waals surface area contributed by atoms with Gasteiger partial charge in [-0.3, -0.25) is 9.59 Å². The lowest BCUT2D eigenvalue weighted by Gasteiger charge is -2.10. The maximum atomic E-state index is 11.3. The maximum Gasteiger partial charge on any atom is 0.356 e. The Bertz CT molecular complexity index is 458. The number of hydroxylamine groups is 2. The van der Waals surface area contributed by atoms with E-state index in [2.05, 4.69) is 4.84 Å². The first kappa shape index (κ1) is 11.1. The van der Waals surface area contributed by atoms with Crippen LogP contribution in [-0.4, -0.2) is 22.8 Å². The van der Waals surface area contributed by atoms with E-state index in [0.29, 0.717) is 10.8 Å². The third-order valence-corrected chi connectivity index (χ3v) is 2.11. The van der Waals surface area contributed by atoms with Gasteiger partial charge in [-0.2, -0.15) is 0 Å². The molecular formula is C11H9NO5. The van der Waals surface area contributed by atoms with E-state index in [4.69, 9.17) is 4.42 Å². The van der Waals surface area contributed by atoms with E-state index in [9.17, 15) is 14.4 Å². The fraction of sp³-hybridized carbons (Fsp3) is 0.182. The molecule has 0 bridgehead atoms. The molecule has 0 radical (unpaired) electrons. The van der Waals surface area contributed by atoms with Crippen LogP contribution in [0, 0.1) is 0 Å². The Morgan fingerprint density at radius 3 is 2.65 bits per heavy atom. The summed E-state index contributed by atoms with van der Waals surface area (Å²) >= 11 is 0. The zero-order valence-corrected chi connectivity index (χ0v) is 8.79. The summed E-state index contributed by atoms with van der Waals surface area (Å²) in [5, 5.41) is 0.495. The molecule has 0 unspecified atom stereocenters. The lowest BCUT2D eigenvalue weighted by atomic mass is 10.4. The van der Waals surface area contributed by atoms with Crippen LogP contribution in [0.15, 0.2) is 28.9 Å². The van der Waals surface area contributed by atoms with E-state index < -0.39 is 17.8 Å². The van der Waals surface area contributed by atoms with Crippen molar-refractivity contribution in [2.24, 2.45) is 0 Å². The number of furan rings is 1. The molecule has 1 fully saturated rings. The van der Waals surface area contributed by atoms with Crippen molar-refractivity contribution in [1.82, 2.24) is 5.06 Å². The normalized spacial score (nSPS) is 15.9. The van der Waals surface area contributed by atoms with Gasteiger partial charge >= 0.3 is 5.97 Å². The number of imide groups is 1. The number of amides is 2. The SMILES string of the molecule is O=C(C=Cc1ccco1)ON1C(=O)CCC1=O. The Morgan fingerprint density at radius 1 is 1.35 bits per heavy atom. The van der Waals surface area contributed by atoms with Crippen LogP contribution in [-0.2, 0) is 19.2 Å². The van der Waals surface area contributed by atoms with Gasteiger partial charge < -0.3 is 9.25 Å². The molecule has 2 heterocycles. The molecule has 0 saturated carbocycles. The Labute approximate surface area is 96.4 Å². The minimum Gasteiger partial charge on any atom is -0.465 e. The van der Waals surface area contributed by atoms with Crippen LogP contribution in [0.1, 0.15) is 18.6 Å². The standard InChI is InChI=1S/C11H9NO5/c13-9-4-5-10(14)12(9)17-11(15)6-3-8-2-1-7-16-8/h1-3,6-7H,4-5H2. The Kier molecular flexibility index (Phi) is 3.04. The molecule has 2 rings (SSSR count). The summed E-state index contributed by atoms with van der Waals surface area (Å²) in [6, 6.07) is 3.31. The summed E-state index contributed by atoms with van der Waals surface area (Å²) in [5.41, 5.74) is 0. The fourth-order valence-electron chi connectivity index (χ4n) is 1.31. The van der Waals surface area contributed by atoms with Crippen molar-refractivity contribution >= 4 is 23.9 Å². The van der Waals surface area contributed by atoms with Crippen LogP contribution < -0.4 is 0 Å². The summed E-state index contributed by atoms with van der Waals surface area (Å²) in [6.45, 7) is 0. The molecule has 2 amide bonds. The summed E-state index contributed by atoms with van der Waals surface area (Å²) < 4.78 is 4.95. The Hall–Kier alpha value is -2.37. The molecule has 0 spiro atoms. The van der Waals surface area contributed by atoms with Crippen LogP contribution >= 0.6 is 0 Å². The van der Waals surface area contributed by atoms with Crippen LogP contribution in [0.4, 0.5) is 0 Å². The monoisotopic (exact) mass is 235 g/mol. The highest BCUT2D eigenvalue weighted by Crippen LogP contribution is 2.12. The number of rotatable bonds is 3. The molecule has 1 aromatic rings. The quantitative estimate of drug-likeness (QED) is 0.574. The molecule has 88 valence electrons. The molecular weight excluding hydrogens is 226 g/mol. The number of carbonyl (C=O) groups is 3. The Balaban J connectivity index is 1.93. The molecule has 6 nitrogen and oxygen atoms in total. The van der Waals surface area contributed by atoms with Crippen molar-refractivity contribution in [3.05, 3.63) is 30.2 Å². The number of carbonyl (C=O) groups excluding carboxylic acids is 3. The second-order valence-corrected chi connectivity index (χ2v) is 3.34. The average Bonchev–Trinajstić information content (AvgIpc) is 2.91. The molecule has 1 saturated heterocycles. The molecule has 0 aromatic carbocycles. The van der Waals surface area contributed by atoms with Crippen LogP contribution in [0.5, 0.6) is 0 Å². The largest absolute Gasteiger partial charge is 0.465 e. The molecule has 6 heteroatoms. The topological polar surface area (TPSA) is 76.8 Å². The second-order valence-electron chi connectivity index (χ2n) is 3.34. The predicted octanol–water partition coefficient (Wildman–Crippen LogP) is 0.900. The predicted molar refractivity (Wildman–Crippen MR) is 54.9 cm³/mol. The van der Waals surface area contributed by atoms with Crippen molar-refractivity contribution in [3.8, 4) is 0 Å². The van der Waals surface area contributed by atoms with Gasteiger partial charge in [0.15, 0.2) is 0 Å².